The third-order valence-corrected chi connectivity index (χ3v) is 2.75. The fraction of sp³-hybridized carbons (Fsp3) is 0.444. The molecule has 4 nitrogen and oxygen atoms in total. The molecule has 3 N–H and O–H groups in total. The van der Waals surface area contributed by atoms with Gasteiger partial charge in [-0.05, 0) is 0 Å². The van der Waals surface area contributed by atoms with E-state index in [0.717, 1.165) is 11.3 Å². The van der Waals surface area contributed by atoms with Crippen molar-refractivity contribution in [3.63, 3.8) is 0 Å². The van der Waals surface area contributed by atoms with Crippen LogP contribution in [-0.2, 0) is 0 Å². The Morgan fingerprint density at radius 2 is 2.29 bits per heavy atom. The van der Waals surface area contributed by atoms with Crippen molar-refractivity contribution in [1.29, 1.82) is 0 Å². The normalized spacial score (nSPS) is 10.6. The largest absolute Gasteiger partial charge is 0.496 e. The van der Waals surface area contributed by atoms with E-state index >= 15 is 0 Å². The number of hydrogen-bond acceptors (Lipinski definition) is 4. The van der Waals surface area contributed by atoms with Gasteiger partial charge in [-0.15, -0.1) is 23.7 Å². The van der Waals surface area contributed by atoms with E-state index < -0.39 is 24.9 Å². The fourth-order valence-electron chi connectivity index (χ4n) is 0.914. The zero-order chi connectivity index (χ0) is 12.2. The molecule has 0 fully saturated rings. The van der Waals surface area contributed by atoms with Crippen molar-refractivity contribution in [2.24, 2.45) is 5.73 Å². The van der Waals surface area contributed by atoms with Crippen LogP contribution in [-0.4, -0.2) is 32.0 Å². The van der Waals surface area contributed by atoms with Gasteiger partial charge in [0.1, 0.15) is 5.75 Å². The molecule has 0 aliphatic carbocycles. The zero-order valence-corrected chi connectivity index (χ0v) is 10.7. The summed E-state index contributed by atoms with van der Waals surface area (Å²) in [6, 6.07) is 1.49. The number of halogens is 3. The molecule has 0 aromatic carbocycles. The van der Waals surface area contributed by atoms with Crippen LogP contribution >= 0.6 is 23.7 Å². The monoisotopic (exact) mass is 286 g/mol. The van der Waals surface area contributed by atoms with Gasteiger partial charge in [0.15, 0.2) is 0 Å². The second kappa shape index (κ2) is 6.73. The second-order valence-corrected chi connectivity index (χ2v) is 4.00. The Morgan fingerprint density at radius 1 is 1.65 bits per heavy atom. The summed E-state index contributed by atoms with van der Waals surface area (Å²) in [7, 11) is 1.46. The number of nitrogens with one attached hydrogen (secondary N) is 1. The van der Waals surface area contributed by atoms with E-state index in [1.807, 2.05) is 0 Å². The molecule has 1 aromatic heterocycles. The van der Waals surface area contributed by atoms with Gasteiger partial charge in [0, 0.05) is 11.4 Å². The van der Waals surface area contributed by atoms with Crippen LogP contribution in [0.25, 0.3) is 0 Å². The van der Waals surface area contributed by atoms with Crippen LogP contribution in [0.5, 0.6) is 5.75 Å². The summed E-state index contributed by atoms with van der Waals surface area (Å²) in [6.45, 7) is -1.55. The number of nitrogens with two attached hydrogens (primary N) is 1. The van der Waals surface area contributed by atoms with Crippen molar-refractivity contribution >= 4 is 29.7 Å². The van der Waals surface area contributed by atoms with Crippen LogP contribution in [0.15, 0.2) is 11.4 Å². The van der Waals surface area contributed by atoms with Gasteiger partial charge >= 0.3 is 0 Å². The van der Waals surface area contributed by atoms with Crippen LogP contribution < -0.4 is 15.8 Å². The summed E-state index contributed by atoms with van der Waals surface area (Å²) in [5.74, 6) is -3.10. The Morgan fingerprint density at radius 3 is 2.76 bits per heavy atom. The molecular formula is C9H13ClF2N2O2S. The molecule has 0 saturated carbocycles. The minimum absolute atomic E-state index is 0. The average molecular weight is 287 g/mol. The quantitative estimate of drug-likeness (QED) is 0.862. The van der Waals surface area contributed by atoms with Crippen molar-refractivity contribution in [2.45, 2.75) is 5.92 Å². The standard InChI is InChI=1S/C9H12F2N2O2S.ClH/c1-15-6-2-7(16-3-6)8(14)13-5-9(10,11)4-12;/h2-3H,4-5,12H2,1H3,(H,13,14);1H. The highest BCUT2D eigenvalue weighted by molar-refractivity contribution is 7.12. The first-order valence-corrected chi connectivity index (χ1v) is 5.35. The molecular weight excluding hydrogens is 274 g/mol. The Labute approximate surface area is 108 Å². The van der Waals surface area contributed by atoms with Crippen LogP contribution in [0.4, 0.5) is 8.78 Å². The third-order valence-electron chi connectivity index (χ3n) is 1.84. The Bertz CT molecular complexity index is 374. The lowest BCUT2D eigenvalue weighted by Crippen LogP contribution is -2.41. The van der Waals surface area contributed by atoms with E-state index in [4.69, 9.17) is 10.5 Å². The number of carbonyl (C=O) groups is 1. The molecule has 1 rings (SSSR count). The molecule has 0 aliphatic heterocycles. The molecule has 0 spiro atoms. The minimum Gasteiger partial charge on any atom is -0.496 e. The maximum absolute atomic E-state index is 12.7. The van der Waals surface area contributed by atoms with Gasteiger partial charge in [0.2, 0.25) is 0 Å². The number of methoxy groups -OCH3 is 1. The minimum atomic E-state index is -3.07. The maximum atomic E-state index is 12.7. The van der Waals surface area contributed by atoms with Crippen LogP contribution in [0.3, 0.4) is 0 Å². The SMILES string of the molecule is COc1csc(C(=O)NCC(F)(F)CN)c1.Cl. The number of carbonyl (C=O) groups excluding carboxylic acids is 1. The highest BCUT2D eigenvalue weighted by Crippen LogP contribution is 2.21. The van der Waals surface area contributed by atoms with Gasteiger partial charge in [-0.1, -0.05) is 0 Å². The number of ether oxygens (including phenoxy) is 1. The average Bonchev–Trinajstić information content (AvgIpc) is 2.74. The lowest BCUT2D eigenvalue weighted by molar-refractivity contribution is 0.0119. The van der Waals surface area contributed by atoms with Gasteiger partial charge in [0.25, 0.3) is 11.8 Å². The lowest BCUT2D eigenvalue weighted by Gasteiger charge is -2.13. The van der Waals surface area contributed by atoms with E-state index in [0.29, 0.717) is 10.6 Å². The summed E-state index contributed by atoms with van der Waals surface area (Å²) < 4.78 is 30.4. The highest BCUT2D eigenvalue weighted by atomic mass is 35.5. The first kappa shape index (κ1) is 16.1. The molecule has 0 unspecified atom stereocenters. The topological polar surface area (TPSA) is 64.3 Å². The Balaban J connectivity index is 0.00000256. The molecule has 98 valence electrons. The molecule has 0 atom stereocenters. The molecule has 1 amide bonds. The summed E-state index contributed by atoms with van der Waals surface area (Å²) in [6.07, 6.45) is 0. The van der Waals surface area contributed by atoms with E-state index in [1.165, 1.54) is 13.2 Å². The van der Waals surface area contributed by atoms with E-state index in [9.17, 15) is 13.6 Å². The number of rotatable bonds is 5. The first-order valence-electron chi connectivity index (χ1n) is 4.47. The van der Waals surface area contributed by atoms with Crippen LogP contribution in [0.1, 0.15) is 9.67 Å². The predicted molar refractivity (Wildman–Crippen MR) is 64.5 cm³/mol. The summed E-state index contributed by atoms with van der Waals surface area (Å²) in [5, 5.41) is 3.73. The van der Waals surface area contributed by atoms with Gasteiger partial charge in [-0.3, -0.25) is 4.79 Å². The molecule has 17 heavy (non-hydrogen) atoms. The van der Waals surface area contributed by atoms with Crippen LogP contribution in [0, 0.1) is 0 Å². The smallest absolute Gasteiger partial charge is 0.277 e. The second-order valence-electron chi connectivity index (χ2n) is 3.09. The van der Waals surface area contributed by atoms with Gasteiger partial charge in [-0.2, -0.15) is 0 Å². The zero-order valence-electron chi connectivity index (χ0n) is 9.04. The van der Waals surface area contributed by atoms with Crippen molar-refractivity contribution in [3.05, 3.63) is 16.3 Å². The molecule has 0 aliphatic rings. The predicted octanol–water partition coefficient (Wildman–Crippen LogP) is 1.50. The number of amides is 1. The Hall–Kier alpha value is -0.920. The molecule has 8 heteroatoms. The molecule has 1 aromatic rings. The van der Waals surface area contributed by atoms with Crippen molar-refractivity contribution < 1.29 is 18.3 Å². The van der Waals surface area contributed by atoms with E-state index in [2.05, 4.69) is 5.32 Å². The molecule has 1 heterocycles. The van der Waals surface area contributed by atoms with Crippen molar-refractivity contribution in [3.8, 4) is 5.75 Å². The van der Waals surface area contributed by atoms with E-state index in [-0.39, 0.29) is 12.4 Å². The summed E-state index contributed by atoms with van der Waals surface area (Å²) >= 11 is 1.13. The summed E-state index contributed by atoms with van der Waals surface area (Å²) in [5.41, 5.74) is 4.84. The molecule has 0 radical (unpaired) electrons. The Kier molecular flexibility index (Phi) is 6.36. The van der Waals surface area contributed by atoms with Crippen LogP contribution in [0.2, 0.25) is 0 Å². The third kappa shape index (κ3) is 4.84. The maximum Gasteiger partial charge on any atom is 0.277 e. The van der Waals surface area contributed by atoms with Gasteiger partial charge in [0.05, 0.1) is 25.1 Å². The van der Waals surface area contributed by atoms with E-state index in [1.54, 1.807) is 5.38 Å². The van der Waals surface area contributed by atoms with Gasteiger partial charge in [-0.25, -0.2) is 8.78 Å². The van der Waals surface area contributed by atoms with Crippen molar-refractivity contribution in [1.82, 2.24) is 5.32 Å². The first-order chi connectivity index (χ1) is 7.48. The highest BCUT2D eigenvalue weighted by Gasteiger charge is 2.27. The summed E-state index contributed by atoms with van der Waals surface area (Å²) in [4.78, 5) is 11.7. The molecule has 0 saturated heterocycles. The van der Waals surface area contributed by atoms with Crippen molar-refractivity contribution in [2.75, 3.05) is 20.2 Å². The number of hydrogen-bond donors (Lipinski definition) is 2. The fourth-order valence-corrected chi connectivity index (χ4v) is 1.68. The number of alkyl halides is 2. The lowest BCUT2D eigenvalue weighted by atomic mass is 10.3. The molecule has 0 bridgehead atoms. The van der Waals surface area contributed by atoms with Gasteiger partial charge < -0.3 is 15.8 Å². The number of thiophene rings is 1.